The van der Waals surface area contributed by atoms with Crippen LogP contribution in [-0.2, 0) is 16.1 Å². The van der Waals surface area contributed by atoms with E-state index in [1.807, 2.05) is 54.6 Å². The number of nitrogens with one attached hydrogen (secondary N) is 1. The van der Waals surface area contributed by atoms with Crippen LogP contribution in [0.4, 0.5) is 0 Å². The van der Waals surface area contributed by atoms with Gasteiger partial charge in [-0.25, -0.2) is 0 Å². The number of hydrogen-bond acceptors (Lipinski definition) is 3. The number of methoxy groups -OCH3 is 1. The second-order valence-electron chi connectivity index (χ2n) is 7.32. The van der Waals surface area contributed by atoms with Crippen LogP contribution in [0.1, 0.15) is 37.4 Å². The van der Waals surface area contributed by atoms with E-state index >= 15 is 0 Å². The standard InChI is InChI=1S/C22H26N2O3/c1-15(2)13-19-22(26)24(14-16-9-11-18(27-3)12-10-16)20(21(25)23-19)17-7-5-4-6-8-17/h4-12,15,19-20H,13-14H2,1-3H3,(H,23,25). The Morgan fingerprint density at radius 2 is 1.70 bits per heavy atom. The van der Waals surface area contributed by atoms with Gasteiger partial charge in [-0.1, -0.05) is 56.3 Å². The van der Waals surface area contributed by atoms with E-state index in [0.29, 0.717) is 18.9 Å². The normalized spacial score (nSPS) is 19.9. The lowest BCUT2D eigenvalue weighted by atomic mass is 9.94. The van der Waals surface area contributed by atoms with Crippen LogP contribution in [0.25, 0.3) is 0 Å². The van der Waals surface area contributed by atoms with Gasteiger partial charge in [-0.3, -0.25) is 9.59 Å². The molecular weight excluding hydrogens is 340 g/mol. The molecule has 0 bridgehead atoms. The second kappa shape index (κ2) is 8.25. The second-order valence-corrected chi connectivity index (χ2v) is 7.32. The maximum Gasteiger partial charge on any atom is 0.248 e. The minimum atomic E-state index is -0.621. The summed E-state index contributed by atoms with van der Waals surface area (Å²) in [7, 11) is 1.62. The molecule has 0 saturated carbocycles. The van der Waals surface area contributed by atoms with Gasteiger partial charge >= 0.3 is 0 Å². The third-order valence-corrected chi connectivity index (χ3v) is 4.79. The van der Waals surface area contributed by atoms with Crippen molar-refractivity contribution in [1.29, 1.82) is 0 Å². The summed E-state index contributed by atoms with van der Waals surface area (Å²) >= 11 is 0. The van der Waals surface area contributed by atoms with Crippen molar-refractivity contribution in [3.8, 4) is 5.75 Å². The lowest BCUT2D eigenvalue weighted by molar-refractivity contribution is -0.150. The number of rotatable bonds is 6. The lowest BCUT2D eigenvalue weighted by Gasteiger charge is -2.39. The predicted octanol–water partition coefficient (Wildman–Crippen LogP) is 3.31. The number of piperazine rings is 1. The van der Waals surface area contributed by atoms with Gasteiger partial charge in [-0.15, -0.1) is 0 Å². The molecule has 1 aliphatic heterocycles. The summed E-state index contributed by atoms with van der Waals surface area (Å²) in [5, 5.41) is 2.93. The summed E-state index contributed by atoms with van der Waals surface area (Å²) in [4.78, 5) is 27.8. The van der Waals surface area contributed by atoms with Gasteiger partial charge in [-0.2, -0.15) is 0 Å². The Bertz CT molecular complexity index is 787. The minimum absolute atomic E-state index is 0.0343. The van der Waals surface area contributed by atoms with Crippen molar-refractivity contribution in [3.63, 3.8) is 0 Å². The molecule has 2 unspecified atom stereocenters. The van der Waals surface area contributed by atoms with Crippen LogP contribution in [0.2, 0.25) is 0 Å². The maximum atomic E-state index is 13.2. The van der Waals surface area contributed by atoms with E-state index < -0.39 is 12.1 Å². The van der Waals surface area contributed by atoms with E-state index in [1.165, 1.54) is 0 Å². The average molecular weight is 366 g/mol. The van der Waals surface area contributed by atoms with Crippen molar-refractivity contribution in [3.05, 3.63) is 65.7 Å². The molecule has 1 saturated heterocycles. The van der Waals surface area contributed by atoms with Crippen LogP contribution >= 0.6 is 0 Å². The molecular formula is C22H26N2O3. The van der Waals surface area contributed by atoms with Crippen LogP contribution in [0.3, 0.4) is 0 Å². The fourth-order valence-corrected chi connectivity index (χ4v) is 3.48. The summed E-state index contributed by atoms with van der Waals surface area (Å²) < 4.78 is 5.20. The molecule has 1 fully saturated rings. The van der Waals surface area contributed by atoms with Crippen molar-refractivity contribution in [2.75, 3.05) is 7.11 Å². The van der Waals surface area contributed by atoms with Gasteiger partial charge in [0.25, 0.3) is 0 Å². The molecule has 2 aromatic rings. The van der Waals surface area contributed by atoms with E-state index in [2.05, 4.69) is 19.2 Å². The highest BCUT2D eigenvalue weighted by atomic mass is 16.5. The molecule has 5 nitrogen and oxygen atoms in total. The molecule has 0 radical (unpaired) electrons. The Morgan fingerprint density at radius 1 is 1.04 bits per heavy atom. The smallest absolute Gasteiger partial charge is 0.248 e. The molecule has 2 atom stereocenters. The van der Waals surface area contributed by atoms with E-state index in [9.17, 15) is 9.59 Å². The van der Waals surface area contributed by atoms with Crippen LogP contribution in [-0.4, -0.2) is 29.9 Å². The number of amides is 2. The first-order valence-corrected chi connectivity index (χ1v) is 9.28. The van der Waals surface area contributed by atoms with Gasteiger partial charge in [-0.05, 0) is 35.6 Å². The van der Waals surface area contributed by atoms with Crippen LogP contribution in [0.15, 0.2) is 54.6 Å². The summed E-state index contributed by atoms with van der Waals surface area (Å²) in [5.74, 6) is 0.919. The monoisotopic (exact) mass is 366 g/mol. The topological polar surface area (TPSA) is 58.6 Å². The molecule has 0 spiro atoms. The summed E-state index contributed by atoms with van der Waals surface area (Å²) in [6.07, 6.45) is 0.630. The highest BCUT2D eigenvalue weighted by Crippen LogP contribution is 2.29. The summed E-state index contributed by atoms with van der Waals surface area (Å²) in [5.41, 5.74) is 1.78. The van der Waals surface area contributed by atoms with E-state index in [1.54, 1.807) is 12.0 Å². The minimum Gasteiger partial charge on any atom is -0.497 e. The Balaban J connectivity index is 1.92. The third-order valence-electron chi connectivity index (χ3n) is 4.79. The molecule has 0 aromatic heterocycles. The SMILES string of the molecule is COc1ccc(CN2C(=O)C(CC(C)C)NC(=O)C2c2ccccc2)cc1. The fourth-order valence-electron chi connectivity index (χ4n) is 3.48. The van der Waals surface area contributed by atoms with Crippen LogP contribution in [0, 0.1) is 5.92 Å². The zero-order valence-corrected chi connectivity index (χ0v) is 16.0. The van der Waals surface area contributed by atoms with Crippen molar-refractivity contribution in [2.45, 2.75) is 38.9 Å². The zero-order valence-electron chi connectivity index (χ0n) is 16.0. The van der Waals surface area contributed by atoms with Crippen molar-refractivity contribution in [1.82, 2.24) is 10.2 Å². The Kier molecular flexibility index (Phi) is 5.79. The van der Waals surface area contributed by atoms with Gasteiger partial charge in [0, 0.05) is 6.54 Å². The van der Waals surface area contributed by atoms with Gasteiger partial charge in [0.1, 0.15) is 17.8 Å². The summed E-state index contributed by atoms with van der Waals surface area (Å²) in [6, 6.07) is 16.0. The molecule has 1 aliphatic rings. The van der Waals surface area contributed by atoms with Gasteiger partial charge in [0.2, 0.25) is 11.8 Å². The number of benzene rings is 2. The van der Waals surface area contributed by atoms with Crippen molar-refractivity contribution >= 4 is 11.8 Å². The van der Waals surface area contributed by atoms with E-state index in [4.69, 9.17) is 4.74 Å². The zero-order chi connectivity index (χ0) is 19.4. The Morgan fingerprint density at radius 3 is 2.30 bits per heavy atom. The molecule has 2 amide bonds. The first-order chi connectivity index (χ1) is 13.0. The van der Waals surface area contributed by atoms with Crippen molar-refractivity contribution in [2.24, 2.45) is 5.92 Å². The lowest BCUT2D eigenvalue weighted by Crippen LogP contribution is -2.59. The number of hydrogen-bond donors (Lipinski definition) is 1. The highest BCUT2D eigenvalue weighted by Gasteiger charge is 2.41. The van der Waals surface area contributed by atoms with Gasteiger partial charge in [0.15, 0.2) is 0 Å². The van der Waals surface area contributed by atoms with Gasteiger partial charge in [0.05, 0.1) is 7.11 Å². The number of ether oxygens (including phenoxy) is 1. The largest absolute Gasteiger partial charge is 0.497 e. The quantitative estimate of drug-likeness (QED) is 0.853. The molecule has 1 heterocycles. The van der Waals surface area contributed by atoms with Crippen LogP contribution < -0.4 is 10.1 Å². The molecule has 142 valence electrons. The average Bonchev–Trinajstić information content (AvgIpc) is 2.66. The molecule has 27 heavy (non-hydrogen) atoms. The molecule has 2 aromatic carbocycles. The Labute approximate surface area is 160 Å². The Hall–Kier alpha value is -2.82. The van der Waals surface area contributed by atoms with E-state index in [-0.39, 0.29) is 11.8 Å². The first kappa shape index (κ1) is 19.0. The molecule has 3 rings (SSSR count). The van der Waals surface area contributed by atoms with Crippen LogP contribution in [0.5, 0.6) is 5.75 Å². The summed E-state index contributed by atoms with van der Waals surface area (Å²) in [6.45, 7) is 4.48. The highest BCUT2D eigenvalue weighted by molar-refractivity contribution is 5.97. The molecule has 5 heteroatoms. The third kappa shape index (κ3) is 4.30. The first-order valence-electron chi connectivity index (χ1n) is 9.28. The number of carbonyl (C=O) groups excluding carboxylic acids is 2. The number of carbonyl (C=O) groups is 2. The maximum absolute atomic E-state index is 13.2. The predicted molar refractivity (Wildman–Crippen MR) is 104 cm³/mol. The fraction of sp³-hybridized carbons (Fsp3) is 0.364. The molecule has 0 aliphatic carbocycles. The molecule has 1 N–H and O–H groups in total. The van der Waals surface area contributed by atoms with E-state index in [0.717, 1.165) is 16.9 Å². The van der Waals surface area contributed by atoms with Gasteiger partial charge < -0.3 is 15.0 Å². The van der Waals surface area contributed by atoms with Crippen molar-refractivity contribution < 1.29 is 14.3 Å². The number of nitrogens with zero attached hydrogens (tertiary/aromatic N) is 1.